The first kappa shape index (κ1) is 39.3. The van der Waals surface area contributed by atoms with Crippen LogP contribution in [0.1, 0.15) is 169 Å². The fourth-order valence-electron chi connectivity index (χ4n) is 3.89. The number of carbonyl (C=O) groups is 3. The van der Waals surface area contributed by atoms with E-state index in [9.17, 15) is 14.4 Å². The summed E-state index contributed by atoms with van der Waals surface area (Å²) < 4.78 is 0. The second-order valence-corrected chi connectivity index (χ2v) is 10.4. The van der Waals surface area contributed by atoms with Crippen molar-refractivity contribution in [2.45, 2.75) is 169 Å². The first-order valence-corrected chi connectivity index (χ1v) is 16.1. The fourth-order valence-corrected chi connectivity index (χ4v) is 3.89. The third kappa shape index (κ3) is 32.3. The van der Waals surface area contributed by atoms with Crippen molar-refractivity contribution in [2.75, 3.05) is 13.1 Å². The van der Waals surface area contributed by atoms with Crippen LogP contribution < -0.4 is 5.48 Å². The SMILES string of the molecule is CCCCCCCCCCC(=O)ON(CCCC)C(=O)O.CCCCCCCCCCC(=O)ONCCCC. The van der Waals surface area contributed by atoms with Gasteiger partial charge < -0.3 is 14.8 Å². The Morgan fingerprint density at radius 1 is 0.564 bits per heavy atom. The Balaban J connectivity index is 0. The lowest BCUT2D eigenvalue weighted by molar-refractivity contribution is -0.180. The molecule has 0 saturated heterocycles. The van der Waals surface area contributed by atoms with Gasteiger partial charge in [0.15, 0.2) is 0 Å². The zero-order valence-corrected chi connectivity index (χ0v) is 25.9. The molecule has 0 spiro atoms. The van der Waals surface area contributed by atoms with Crippen molar-refractivity contribution in [1.82, 2.24) is 10.5 Å². The van der Waals surface area contributed by atoms with Crippen LogP contribution in [-0.4, -0.2) is 41.3 Å². The van der Waals surface area contributed by atoms with Gasteiger partial charge in [0.1, 0.15) is 0 Å². The highest BCUT2D eigenvalue weighted by Crippen LogP contribution is 2.11. The molecule has 8 nitrogen and oxygen atoms in total. The summed E-state index contributed by atoms with van der Waals surface area (Å²) in [6.07, 6.45) is 22.6. The van der Waals surface area contributed by atoms with E-state index in [4.69, 9.17) is 14.8 Å². The molecule has 0 aliphatic rings. The molecule has 8 heteroatoms. The van der Waals surface area contributed by atoms with Gasteiger partial charge in [0, 0.05) is 19.4 Å². The predicted molar refractivity (Wildman–Crippen MR) is 159 cm³/mol. The largest absolute Gasteiger partial charge is 0.463 e. The molecular formula is C31H62N2O6. The topological polar surface area (TPSA) is 105 Å². The van der Waals surface area contributed by atoms with Gasteiger partial charge >= 0.3 is 18.0 Å². The van der Waals surface area contributed by atoms with Crippen molar-refractivity contribution in [2.24, 2.45) is 0 Å². The van der Waals surface area contributed by atoms with E-state index in [0.717, 1.165) is 63.0 Å². The highest BCUT2D eigenvalue weighted by Gasteiger charge is 2.16. The van der Waals surface area contributed by atoms with Gasteiger partial charge in [-0.3, -0.25) is 4.79 Å². The van der Waals surface area contributed by atoms with Crippen LogP contribution in [0, 0.1) is 0 Å². The average molecular weight is 559 g/mol. The van der Waals surface area contributed by atoms with E-state index in [1.165, 1.54) is 70.6 Å². The Kier molecular flexibility index (Phi) is 32.6. The monoisotopic (exact) mass is 558 g/mol. The van der Waals surface area contributed by atoms with Crippen LogP contribution in [-0.2, 0) is 19.3 Å². The smallest absolute Gasteiger partial charge is 0.440 e. The Bertz CT molecular complexity index is 559. The van der Waals surface area contributed by atoms with Crippen LogP contribution in [0.25, 0.3) is 0 Å². The number of amides is 1. The number of hydrogen-bond donors (Lipinski definition) is 2. The van der Waals surface area contributed by atoms with Crippen molar-refractivity contribution in [3.05, 3.63) is 0 Å². The highest BCUT2D eigenvalue weighted by molar-refractivity contribution is 5.72. The first-order valence-electron chi connectivity index (χ1n) is 16.1. The van der Waals surface area contributed by atoms with E-state index in [0.29, 0.717) is 19.3 Å². The van der Waals surface area contributed by atoms with Gasteiger partial charge in [0.05, 0.1) is 6.54 Å². The first-order chi connectivity index (χ1) is 18.9. The van der Waals surface area contributed by atoms with Crippen LogP contribution >= 0.6 is 0 Å². The standard InChI is InChI=1S/C16H31NO4.C15H31NO2/c1-3-5-7-8-9-10-11-12-13-15(18)21-17(16(19)20)14-6-4-2;1-3-5-7-8-9-10-11-12-13-15(17)18-16-14-6-4-2/h3-14H2,1-2H3,(H,19,20);16H,3-14H2,1-2H3. The predicted octanol–water partition coefficient (Wildman–Crippen LogP) is 9.12. The number of hydrogen-bond acceptors (Lipinski definition) is 6. The Hall–Kier alpha value is -1.83. The van der Waals surface area contributed by atoms with Crippen LogP contribution in [0.2, 0.25) is 0 Å². The molecule has 232 valence electrons. The van der Waals surface area contributed by atoms with Crippen LogP contribution in [0.5, 0.6) is 0 Å². The number of unbranched alkanes of at least 4 members (excludes halogenated alkanes) is 16. The molecule has 0 radical (unpaired) electrons. The van der Waals surface area contributed by atoms with Gasteiger partial charge in [0.25, 0.3) is 0 Å². The van der Waals surface area contributed by atoms with Gasteiger partial charge in [-0.25, -0.2) is 9.59 Å². The quantitative estimate of drug-likeness (QED) is 0.0850. The number of carbonyl (C=O) groups excluding carboxylic acids is 2. The summed E-state index contributed by atoms with van der Waals surface area (Å²) in [6, 6.07) is 0. The van der Waals surface area contributed by atoms with Crippen molar-refractivity contribution < 1.29 is 29.2 Å². The van der Waals surface area contributed by atoms with E-state index < -0.39 is 12.1 Å². The van der Waals surface area contributed by atoms with Gasteiger partial charge in [-0.2, -0.15) is 5.48 Å². The molecule has 0 fully saturated rings. The summed E-state index contributed by atoms with van der Waals surface area (Å²) in [5, 5.41) is 9.66. The molecule has 0 atom stereocenters. The molecule has 0 aliphatic heterocycles. The van der Waals surface area contributed by atoms with E-state index in [2.05, 4.69) is 26.3 Å². The number of hydroxylamine groups is 3. The highest BCUT2D eigenvalue weighted by atomic mass is 16.7. The molecule has 1 amide bonds. The number of nitrogens with zero attached hydrogens (tertiary/aromatic N) is 1. The minimum Gasteiger partial charge on any atom is -0.463 e. The molecule has 0 bridgehead atoms. The third-order valence-corrected chi connectivity index (χ3v) is 6.43. The maximum atomic E-state index is 11.6. The average Bonchev–Trinajstić information content (AvgIpc) is 2.92. The minimum absolute atomic E-state index is 0.114. The normalized spacial score (nSPS) is 10.5. The summed E-state index contributed by atoms with van der Waals surface area (Å²) in [7, 11) is 0. The molecule has 2 N–H and O–H groups in total. The molecule has 0 aromatic carbocycles. The number of carboxylic acid groups (broad SMARTS) is 1. The zero-order chi connectivity index (χ0) is 29.4. The van der Waals surface area contributed by atoms with Gasteiger partial charge in [-0.05, 0) is 25.7 Å². The van der Waals surface area contributed by atoms with E-state index in [1.807, 2.05) is 6.92 Å². The van der Waals surface area contributed by atoms with Gasteiger partial charge in [-0.1, -0.05) is 130 Å². The van der Waals surface area contributed by atoms with Crippen molar-refractivity contribution in [1.29, 1.82) is 0 Å². The van der Waals surface area contributed by atoms with E-state index in [1.54, 1.807) is 0 Å². The maximum absolute atomic E-state index is 11.6. The summed E-state index contributed by atoms with van der Waals surface area (Å²) in [5.74, 6) is -0.559. The number of rotatable bonds is 25. The van der Waals surface area contributed by atoms with Crippen LogP contribution in [0.15, 0.2) is 0 Å². The fraction of sp³-hybridized carbons (Fsp3) is 0.903. The molecule has 0 saturated carbocycles. The van der Waals surface area contributed by atoms with Crippen molar-refractivity contribution >= 4 is 18.0 Å². The van der Waals surface area contributed by atoms with Crippen molar-refractivity contribution in [3.8, 4) is 0 Å². The van der Waals surface area contributed by atoms with Gasteiger partial charge in [-0.15, -0.1) is 5.06 Å². The molecule has 39 heavy (non-hydrogen) atoms. The van der Waals surface area contributed by atoms with E-state index in [-0.39, 0.29) is 12.5 Å². The summed E-state index contributed by atoms with van der Waals surface area (Å²) in [5.41, 5.74) is 2.71. The molecule has 0 unspecified atom stereocenters. The van der Waals surface area contributed by atoms with Gasteiger partial charge in [0.2, 0.25) is 0 Å². The lowest BCUT2D eigenvalue weighted by Crippen LogP contribution is -2.33. The second-order valence-electron chi connectivity index (χ2n) is 10.4. The lowest BCUT2D eigenvalue weighted by atomic mass is 10.1. The zero-order valence-electron chi connectivity index (χ0n) is 25.9. The molecular weight excluding hydrogens is 496 g/mol. The Labute approximate surface area is 239 Å². The second kappa shape index (κ2) is 32.4. The molecule has 0 aliphatic carbocycles. The molecule has 0 aromatic rings. The minimum atomic E-state index is -1.20. The Morgan fingerprint density at radius 2 is 0.974 bits per heavy atom. The molecule has 0 heterocycles. The maximum Gasteiger partial charge on any atom is 0.440 e. The molecule has 0 aromatic heterocycles. The Morgan fingerprint density at radius 3 is 1.41 bits per heavy atom. The molecule has 0 rings (SSSR count). The van der Waals surface area contributed by atoms with E-state index >= 15 is 0 Å². The number of nitrogens with one attached hydrogen (secondary N) is 1. The summed E-state index contributed by atoms with van der Waals surface area (Å²) in [4.78, 5) is 43.5. The van der Waals surface area contributed by atoms with Crippen LogP contribution in [0.3, 0.4) is 0 Å². The third-order valence-electron chi connectivity index (χ3n) is 6.43. The lowest BCUT2D eigenvalue weighted by Gasteiger charge is -2.17. The van der Waals surface area contributed by atoms with Crippen molar-refractivity contribution in [3.63, 3.8) is 0 Å². The summed E-state index contributed by atoms with van der Waals surface area (Å²) >= 11 is 0. The van der Waals surface area contributed by atoms with Crippen LogP contribution in [0.4, 0.5) is 4.79 Å². The summed E-state index contributed by atoms with van der Waals surface area (Å²) in [6.45, 7) is 9.52.